The molecule has 0 fully saturated rings. The molecule has 2 aromatic rings. The molecule has 1 aliphatic rings. The second-order valence-corrected chi connectivity index (χ2v) is 5.42. The van der Waals surface area contributed by atoms with Crippen LogP contribution in [-0.4, -0.2) is 13.0 Å². The highest BCUT2D eigenvalue weighted by Crippen LogP contribution is 2.35. The van der Waals surface area contributed by atoms with E-state index in [2.05, 4.69) is 15.9 Å². The van der Waals surface area contributed by atoms with Crippen molar-refractivity contribution in [1.82, 2.24) is 0 Å². The summed E-state index contributed by atoms with van der Waals surface area (Å²) in [6, 6.07) is 9.65. The Balaban J connectivity index is 2.06. The van der Waals surface area contributed by atoms with E-state index in [-0.39, 0.29) is 5.91 Å². The first-order chi connectivity index (χ1) is 9.60. The van der Waals surface area contributed by atoms with E-state index >= 15 is 0 Å². The molecule has 1 heterocycles. The summed E-state index contributed by atoms with van der Waals surface area (Å²) in [5.41, 5.74) is 2.00. The van der Waals surface area contributed by atoms with Crippen molar-refractivity contribution < 1.29 is 13.9 Å². The molecule has 20 heavy (non-hydrogen) atoms. The van der Waals surface area contributed by atoms with Crippen LogP contribution in [0.1, 0.15) is 15.9 Å². The summed E-state index contributed by atoms with van der Waals surface area (Å²) in [7, 11) is 1.50. The van der Waals surface area contributed by atoms with Crippen molar-refractivity contribution in [2.45, 2.75) is 6.54 Å². The lowest BCUT2D eigenvalue weighted by molar-refractivity contribution is 0.0996. The number of nitrogens with zero attached hydrogens (tertiary/aromatic N) is 1. The second-order valence-electron chi connectivity index (χ2n) is 4.51. The molecule has 0 unspecified atom stereocenters. The van der Waals surface area contributed by atoms with Crippen LogP contribution in [-0.2, 0) is 6.54 Å². The van der Waals surface area contributed by atoms with Crippen molar-refractivity contribution in [3.05, 3.63) is 57.8 Å². The van der Waals surface area contributed by atoms with Crippen molar-refractivity contribution in [3.8, 4) is 5.75 Å². The number of hydrogen-bond donors (Lipinski definition) is 0. The Morgan fingerprint density at radius 2 is 2.05 bits per heavy atom. The van der Waals surface area contributed by atoms with Crippen LogP contribution in [0, 0.1) is 5.82 Å². The van der Waals surface area contributed by atoms with Gasteiger partial charge in [0, 0.05) is 16.1 Å². The Morgan fingerprint density at radius 3 is 2.80 bits per heavy atom. The number of halogens is 2. The van der Waals surface area contributed by atoms with Gasteiger partial charge in [0.25, 0.3) is 5.91 Å². The third-order valence-electron chi connectivity index (χ3n) is 3.30. The van der Waals surface area contributed by atoms with E-state index in [1.165, 1.54) is 30.2 Å². The topological polar surface area (TPSA) is 29.5 Å². The maximum absolute atomic E-state index is 13.5. The van der Waals surface area contributed by atoms with Crippen molar-refractivity contribution in [2.75, 3.05) is 12.0 Å². The predicted octanol–water partition coefficient (Wildman–Crippen LogP) is 3.76. The third-order valence-corrected chi connectivity index (χ3v) is 3.80. The molecule has 3 nitrogen and oxygen atoms in total. The molecular formula is C15H11BrFNO2. The van der Waals surface area contributed by atoms with Gasteiger partial charge in [0.15, 0.2) is 0 Å². The fraction of sp³-hybridized carbons (Fsp3) is 0.133. The van der Waals surface area contributed by atoms with E-state index in [0.717, 1.165) is 10.0 Å². The molecule has 1 amide bonds. The largest absolute Gasteiger partial charge is 0.495 e. The highest BCUT2D eigenvalue weighted by molar-refractivity contribution is 9.10. The van der Waals surface area contributed by atoms with Crippen molar-refractivity contribution in [3.63, 3.8) is 0 Å². The van der Waals surface area contributed by atoms with Crippen LogP contribution in [0.5, 0.6) is 5.75 Å². The van der Waals surface area contributed by atoms with Gasteiger partial charge in [0.05, 0.1) is 19.3 Å². The standard InChI is InChI=1S/C15H11BrFNO2/c1-20-14-5-3-11(17)7-13(14)18-8-9-6-10(16)2-4-12(9)15(18)19/h2-7H,8H2,1H3. The van der Waals surface area contributed by atoms with Gasteiger partial charge in [-0.3, -0.25) is 4.79 Å². The molecule has 3 rings (SSSR count). The number of carbonyl (C=O) groups excluding carboxylic acids is 1. The van der Waals surface area contributed by atoms with E-state index < -0.39 is 5.82 Å². The Bertz CT molecular complexity index is 702. The minimum atomic E-state index is -0.397. The number of rotatable bonds is 2. The van der Waals surface area contributed by atoms with Gasteiger partial charge in [0.2, 0.25) is 0 Å². The molecule has 0 atom stereocenters. The van der Waals surface area contributed by atoms with E-state index in [1.807, 2.05) is 12.1 Å². The van der Waals surface area contributed by atoms with Gasteiger partial charge in [0.1, 0.15) is 11.6 Å². The SMILES string of the molecule is COc1ccc(F)cc1N1Cc2cc(Br)ccc2C1=O. The minimum Gasteiger partial charge on any atom is -0.495 e. The van der Waals surface area contributed by atoms with Gasteiger partial charge in [-0.1, -0.05) is 15.9 Å². The summed E-state index contributed by atoms with van der Waals surface area (Å²) in [4.78, 5) is 13.9. The number of fused-ring (bicyclic) bond motifs is 1. The van der Waals surface area contributed by atoms with Gasteiger partial charge in [-0.25, -0.2) is 4.39 Å². The van der Waals surface area contributed by atoms with Gasteiger partial charge < -0.3 is 9.64 Å². The van der Waals surface area contributed by atoms with Gasteiger partial charge in [-0.15, -0.1) is 0 Å². The van der Waals surface area contributed by atoms with Gasteiger partial charge in [-0.2, -0.15) is 0 Å². The number of methoxy groups -OCH3 is 1. The van der Waals surface area contributed by atoms with Gasteiger partial charge in [-0.05, 0) is 35.9 Å². The molecule has 0 N–H and O–H groups in total. The smallest absolute Gasteiger partial charge is 0.259 e. The summed E-state index contributed by atoms with van der Waals surface area (Å²) in [6.07, 6.45) is 0. The molecule has 0 aliphatic carbocycles. The van der Waals surface area contributed by atoms with Crippen LogP contribution in [0.15, 0.2) is 40.9 Å². The van der Waals surface area contributed by atoms with Crippen LogP contribution in [0.2, 0.25) is 0 Å². The van der Waals surface area contributed by atoms with Crippen LogP contribution < -0.4 is 9.64 Å². The lowest BCUT2D eigenvalue weighted by Crippen LogP contribution is -2.23. The molecule has 0 saturated carbocycles. The number of benzene rings is 2. The van der Waals surface area contributed by atoms with E-state index in [1.54, 1.807) is 6.07 Å². The maximum Gasteiger partial charge on any atom is 0.259 e. The average Bonchev–Trinajstić information content (AvgIpc) is 2.75. The zero-order valence-electron chi connectivity index (χ0n) is 10.7. The number of amides is 1. The molecule has 0 saturated heterocycles. The Kier molecular flexibility index (Phi) is 3.22. The quantitative estimate of drug-likeness (QED) is 0.836. The molecule has 5 heteroatoms. The zero-order chi connectivity index (χ0) is 14.3. The number of anilines is 1. The molecule has 0 radical (unpaired) electrons. The molecule has 2 aromatic carbocycles. The molecule has 102 valence electrons. The fourth-order valence-corrected chi connectivity index (χ4v) is 2.77. The summed E-state index contributed by atoms with van der Waals surface area (Å²) >= 11 is 3.39. The summed E-state index contributed by atoms with van der Waals surface area (Å²) in [5, 5.41) is 0. The lowest BCUT2D eigenvalue weighted by Gasteiger charge is -2.18. The first-order valence-corrected chi connectivity index (χ1v) is 6.83. The summed E-state index contributed by atoms with van der Waals surface area (Å²) < 4.78 is 19.6. The summed E-state index contributed by atoms with van der Waals surface area (Å²) in [6.45, 7) is 0.410. The predicted molar refractivity (Wildman–Crippen MR) is 77.6 cm³/mol. The minimum absolute atomic E-state index is 0.142. The molecular weight excluding hydrogens is 325 g/mol. The van der Waals surface area contributed by atoms with Crippen LogP contribution in [0.3, 0.4) is 0 Å². The highest BCUT2D eigenvalue weighted by Gasteiger charge is 2.30. The highest BCUT2D eigenvalue weighted by atomic mass is 79.9. The number of hydrogen-bond acceptors (Lipinski definition) is 2. The fourth-order valence-electron chi connectivity index (χ4n) is 2.36. The molecule has 0 spiro atoms. The lowest BCUT2D eigenvalue weighted by atomic mass is 10.1. The normalized spacial score (nSPS) is 13.6. The monoisotopic (exact) mass is 335 g/mol. The molecule has 0 bridgehead atoms. The van der Waals surface area contributed by atoms with E-state index in [4.69, 9.17) is 4.74 Å². The van der Waals surface area contributed by atoms with Crippen molar-refractivity contribution >= 4 is 27.5 Å². The first kappa shape index (κ1) is 13.1. The van der Waals surface area contributed by atoms with E-state index in [9.17, 15) is 9.18 Å². The van der Waals surface area contributed by atoms with Crippen molar-refractivity contribution in [2.24, 2.45) is 0 Å². The Hall–Kier alpha value is -1.88. The zero-order valence-corrected chi connectivity index (χ0v) is 12.3. The van der Waals surface area contributed by atoms with Gasteiger partial charge >= 0.3 is 0 Å². The van der Waals surface area contributed by atoms with E-state index in [0.29, 0.717) is 23.5 Å². The van der Waals surface area contributed by atoms with Crippen LogP contribution in [0.25, 0.3) is 0 Å². The second kappa shape index (κ2) is 4.90. The summed E-state index contributed by atoms with van der Waals surface area (Å²) in [5.74, 6) is -0.0613. The Labute approximate surface area is 124 Å². The third kappa shape index (κ3) is 2.08. The number of carbonyl (C=O) groups is 1. The van der Waals surface area contributed by atoms with Crippen LogP contribution in [0.4, 0.5) is 10.1 Å². The molecule has 1 aliphatic heterocycles. The average molecular weight is 336 g/mol. The maximum atomic E-state index is 13.5. The first-order valence-electron chi connectivity index (χ1n) is 6.04. The molecule has 0 aromatic heterocycles. The number of ether oxygens (including phenoxy) is 1. The van der Waals surface area contributed by atoms with Crippen LogP contribution >= 0.6 is 15.9 Å². The Morgan fingerprint density at radius 1 is 1.25 bits per heavy atom. The van der Waals surface area contributed by atoms with Crippen molar-refractivity contribution in [1.29, 1.82) is 0 Å².